The van der Waals surface area contributed by atoms with Gasteiger partial charge in [0, 0.05) is 10.2 Å². The van der Waals surface area contributed by atoms with Gasteiger partial charge in [0.2, 0.25) is 0 Å². The van der Waals surface area contributed by atoms with Gasteiger partial charge in [0.25, 0.3) is 0 Å². The summed E-state index contributed by atoms with van der Waals surface area (Å²) in [5.41, 5.74) is 0. The van der Waals surface area contributed by atoms with Crippen molar-refractivity contribution >= 4 is 10.2 Å². The summed E-state index contributed by atoms with van der Waals surface area (Å²) in [5, 5.41) is 1.55. The quantitative estimate of drug-likeness (QED) is 0.361. The lowest BCUT2D eigenvalue weighted by Crippen LogP contribution is -2.42. The Morgan fingerprint density at radius 3 is 1.65 bits per heavy atom. The van der Waals surface area contributed by atoms with E-state index in [1.54, 1.807) is 5.23 Å². The van der Waals surface area contributed by atoms with E-state index in [4.69, 9.17) is 14.4 Å². The molecule has 0 aromatic rings. The molecule has 0 N–H and O–H groups in total. The van der Waals surface area contributed by atoms with Crippen molar-refractivity contribution in [2.75, 3.05) is 0 Å². The van der Waals surface area contributed by atoms with Crippen LogP contribution in [0, 0.1) is 0 Å². The highest BCUT2D eigenvalue weighted by Gasteiger charge is 2.23. The Morgan fingerprint density at radius 2 is 1.35 bits per heavy atom. The van der Waals surface area contributed by atoms with Crippen LogP contribution in [0.25, 0.3) is 0 Å². The molecule has 0 radical (unpaired) electrons. The molecule has 104 valence electrons. The van der Waals surface area contributed by atoms with Gasteiger partial charge in [0.05, 0.1) is 18.3 Å². The molecular weight excluding hydrogens is 234 g/mol. The predicted octanol–water partition coefficient (Wildman–Crippen LogP) is 1.89. The van der Waals surface area contributed by atoms with Gasteiger partial charge < -0.3 is 4.74 Å². The Kier molecular flexibility index (Phi) is 9.08. The summed E-state index contributed by atoms with van der Waals surface area (Å²) in [6, 6.07) is 1.16. The molecule has 0 bridgehead atoms. The van der Waals surface area contributed by atoms with E-state index in [2.05, 4.69) is 0 Å². The van der Waals surface area contributed by atoms with Crippen LogP contribution in [0.15, 0.2) is 0 Å². The Balaban J connectivity index is 4.53. The van der Waals surface area contributed by atoms with Gasteiger partial charge in [-0.3, -0.25) is 9.68 Å². The molecule has 0 aromatic carbocycles. The van der Waals surface area contributed by atoms with E-state index in [0.29, 0.717) is 0 Å². The van der Waals surface area contributed by atoms with E-state index in [0.717, 1.165) is 22.7 Å². The zero-order chi connectivity index (χ0) is 13.4. The van der Waals surface area contributed by atoms with Crippen LogP contribution in [-0.2, 0) is 14.4 Å². The van der Waals surface area contributed by atoms with Crippen LogP contribution in [0.2, 0.25) is 6.04 Å². The lowest BCUT2D eigenvalue weighted by Gasteiger charge is -2.33. The average Bonchev–Trinajstić information content (AvgIpc) is 2.13. The van der Waals surface area contributed by atoms with Gasteiger partial charge in [0.15, 0.2) is 6.23 Å². The first-order valence-electron chi connectivity index (χ1n) is 6.65. The number of ether oxygens (including phenoxy) is 1. The van der Waals surface area contributed by atoms with Gasteiger partial charge in [-0.1, -0.05) is 6.04 Å². The number of nitrogens with zero attached hydrogens (tertiary/aromatic N) is 1. The van der Waals surface area contributed by atoms with Crippen molar-refractivity contribution in [3.05, 3.63) is 0 Å². The molecule has 5 heteroatoms. The normalized spacial score (nSPS) is 14.5. The molecule has 0 saturated carbocycles. The van der Waals surface area contributed by atoms with Gasteiger partial charge in [-0.25, -0.2) is 0 Å². The molecule has 0 aliphatic rings. The topological polar surface area (TPSA) is 30.9 Å². The number of hydrogen-bond acceptors (Lipinski definition) is 4. The molecule has 0 spiro atoms. The summed E-state index contributed by atoms with van der Waals surface area (Å²) in [6.07, 6.45) is 1.17. The van der Waals surface area contributed by atoms with Crippen molar-refractivity contribution in [3.63, 3.8) is 0 Å². The Labute approximate surface area is 109 Å². The molecule has 0 amide bonds. The van der Waals surface area contributed by atoms with Crippen molar-refractivity contribution in [1.82, 2.24) is 5.23 Å². The third-order valence-electron chi connectivity index (χ3n) is 1.83. The third-order valence-corrected chi connectivity index (χ3v) is 2.41. The fraction of sp³-hybridized carbons (Fsp3) is 1.00. The third kappa shape index (κ3) is 8.74. The summed E-state index contributed by atoms with van der Waals surface area (Å²) in [7, 11) is 1.16. The fourth-order valence-corrected chi connectivity index (χ4v) is 1.85. The molecule has 0 aliphatic carbocycles. The summed E-state index contributed by atoms with van der Waals surface area (Å²) in [4.78, 5) is 11.4. The SMILES string of the molecule is CC(C)OC(CC[SiH3])N(OC(C)C)OC(C)C. The Hall–Kier alpha value is 0.0569. The zero-order valence-electron chi connectivity index (χ0n) is 12.4. The van der Waals surface area contributed by atoms with Crippen LogP contribution in [0.5, 0.6) is 0 Å². The van der Waals surface area contributed by atoms with Gasteiger partial charge in [0.1, 0.15) is 0 Å². The first-order valence-corrected chi connectivity index (χ1v) is 8.06. The Bertz CT molecular complexity index is 179. The van der Waals surface area contributed by atoms with Crippen molar-refractivity contribution in [2.24, 2.45) is 0 Å². The molecule has 1 unspecified atom stereocenters. The number of hydrogen-bond donors (Lipinski definition) is 0. The Morgan fingerprint density at radius 1 is 0.882 bits per heavy atom. The van der Waals surface area contributed by atoms with E-state index in [9.17, 15) is 0 Å². The van der Waals surface area contributed by atoms with Gasteiger partial charge in [-0.15, -0.1) is 0 Å². The van der Waals surface area contributed by atoms with Gasteiger partial charge >= 0.3 is 0 Å². The van der Waals surface area contributed by atoms with Crippen LogP contribution in [0.3, 0.4) is 0 Å². The number of rotatable bonds is 9. The highest BCUT2D eigenvalue weighted by molar-refractivity contribution is 6.08. The second-order valence-electron chi connectivity index (χ2n) is 5.02. The highest BCUT2D eigenvalue weighted by atomic mass is 28.1. The summed E-state index contributed by atoms with van der Waals surface area (Å²) >= 11 is 0. The lowest BCUT2D eigenvalue weighted by atomic mass is 10.4. The van der Waals surface area contributed by atoms with E-state index in [1.807, 2.05) is 41.5 Å². The molecule has 17 heavy (non-hydrogen) atoms. The molecular formula is C12H29NO3Si. The minimum Gasteiger partial charge on any atom is -0.356 e. The maximum Gasteiger partial charge on any atom is 0.160 e. The van der Waals surface area contributed by atoms with Crippen molar-refractivity contribution < 1.29 is 14.4 Å². The second kappa shape index (κ2) is 9.05. The molecule has 0 heterocycles. The van der Waals surface area contributed by atoms with E-state index in [1.165, 1.54) is 0 Å². The van der Waals surface area contributed by atoms with Crippen LogP contribution in [0.4, 0.5) is 0 Å². The summed E-state index contributed by atoms with van der Waals surface area (Å²) < 4.78 is 5.85. The molecule has 4 nitrogen and oxygen atoms in total. The minimum atomic E-state index is -0.114. The molecule has 0 aliphatic heterocycles. The second-order valence-corrected chi connectivity index (χ2v) is 6.02. The highest BCUT2D eigenvalue weighted by Crippen LogP contribution is 2.15. The number of hydroxylamine groups is 2. The maximum absolute atomic E-state index is 5.85. The molecule has 0 fully saturated rings. The van der Waals surface area contributed by atoms with Crippen LogP contribution in [0.1, 0.15) is 48.0 Å². The van der Waals surface area contributed by atoms with E-state index < -0.39 is 0 Å². The van der Waals surface area contributed by atoms with Crippen molar-refractivity contribution in [1.29, 1.82) is 0 Å². The van der Waals surface area contributed by atoms with Crippen molar-refractivity contribution in [2.45, 2.75) is 78.5 Å². The standard InChI is InChI=1S/C12H29NO3Si/c1-9(2)14-12(7-8-17)13(15-10(3)4)16-11(5)6/h9-12H,7-8H2,1-6,17H3. The summed E-state index contributed by atoms with van der Waals surface area (Å²) in [6.45, 7) is 12.0. The van der Waals surface area contributed by atoms with E-state index >= 15 is 0 Å². The molecule has 1 atom stereocenters. The van der Waals surface area contributed by atoms with Crippen LogP contribution >= 0.6 is 0 Å². The first kappa shape index (κ1) is 17.1. The molecule has 0 saturated heterocycles. The molecule has 0 aromatic heterocycles. The summed E-state index contributed by atoms with van der Waals surface area (Å²) in [5.74, 6) is 0. The smallest absolute Gasteiger partial charge is 0.160 e. The van der Waals surface area contributed by atoms with Crippen molar-refractivity contribution in [3.8, 4) is 0 Å². The van der Waals surface area contributed by atoms with Crippen LogP contribution in [-0.4, -0.2) is 40.0 Å². The van der Waals surface area contributed by atoms with Crippen LogP contribution < -0.4 is 0 Å². The minimum absolute atomic E-state index is 0.0844. The first-order chi connectivity index (χ1) is 7.86. The van der Waals surface area contributed by atoms with E-state index in [-0.39, 0.29) is 24.5 Å². The monoisotopic (exact) mass is 263 g/mol. The lowest BCUT2D eigenvalue weighted by molar-refractivity contribution is -0.447. The fourth-order valence-electron chi connectivity index (χ4n) is 1.36. The average molecular weight is 263 g/mol. The maximum atomic E-state index is 5.85. The van der Waals surface area contributed by atoms with Gasteiger partial charge in [-0.05, 0) is 53.2 Å². The zero-order valence-corrected chi connectivity index (χ0v) is 14.4. The van der Waals surface area contributed by atoms with Gasteiger partial charge in [-0.2, -0.15) is 0 Å². The predicted molar refractivity (Wildman–Crippen MR) is 73.7 cm³/mol. The molecule has 0 rings (SSSR count). The largest absolute Gasteiger partial charge is 0.356 e.